The summed E-state index contributed by atoms with van der Waals surface area (Å²) < 4.78 is 1.97. The molecule has 3 nitrogen and oxygen atoms in total. The van der Waals surface area contributed by atoms with E-state index in [0.717, 1.165) is 27.9 Å². The third-order valence-corrected chi connectivity index (χ3v) is 3.79. The molecule has 0 spiro atoms. The van der Waals surface area contributed by atoms with E-state index in [4.69, 9.17) is 11.6 Å². The van der Waals surface area contributed by atoms with Crippen LogP contribution in [0.4, 0.5) is 0 Å². The zero-order valence-electron chi connectivity index (χ0n) is 11.5. The van der Waals surface area contributed by atoms with Crippen LogP contribution in [-0.4, -0.2) is 14.7 Å². The SMILES string of the molecule is Cc1cn[c]cc1-n1cc(CO)c(-c2ccccc2Cl)c1. The molecule has 0 amide bonds. The fraction of sp³-hybridized carbons (Fsp3) is 0.118. The number of hydrogen-bond donors (Lipinski definition) is 1. The van der Waals surface area contributed by atoms with Crippen molar-refractivity contribution in [2.45, 2.75) is 13.5 Å². The molecule has 2 aromatic heterocycles. The molecule has 1 N–H and O–H groups in total. The smallest absolute Gasteiger partial charge is 0.0907 e. The quantitative estimate of drug-likeness (QED) is 0.798. The van der Waals surface area contributed by atoms with Crippen molar-refractivity contribution in [1.82, 2.24) is 9.55 Å². The molecule has 2 heterocycles. The Kier molecular flexibility index (Phi) is 3.78. The molecule has 21 heavy (non-hydrogen) atoms. The summed E-state index contributed by atoms with van der Waals surface area (Å²) in [5.74, 6) is 0. The van der Waals surface area contributed by atoms with Gasteiger partial charge in [-0.15, -0.1) is 0 Å². The van der Waals surface area contributed by atoms with Gasteiger partial charge >= 0.3 is 0 Å². The van der Waals surface area contributed by atoms with Crippen molar-refractivity contribution >= 4 is 11.6 Å². The highest BCUT2D eigenvalue weighted by Gasteiger charge is 2.12. The van der Waals surface area contributed by atoms with Crippen molar-refractivity contribution in [2.75, 3.05) is 0 Å². The summed E-state index contributed by atoms with van der Waals surface area (Å²) in [5, 5.41) is 10.3. The van der Waals surface area contributed by atoms with Gasteiger partial charge in [0.2, 0.25) is 0 Å². The summed E-state index contributed by atoms with van der Waals surface area (Å²) >= 11 is 6.27. The average molecular weight is 298 g/mol. The Morgan fingerprint density at radius 2 is 2.05 bits per heavy atom. The van der Waals surface area contributed by atoms with E-state index in [1.807, 2.05) is 54.2 Å². The molecule has 1 radical (unpaired) electrons. The number of hydrogen-bond acceptors (Lipinski definition) is 2. The minimum Gasteiger partial charge on any atom is -0.392 e. The maximum absolute atomic E-state index is 9.62. The number of nitrogens with zero attached hydrogens (tertiary/aromatic N) is 2. The van der Waals surface area contributed by atoms with E-state index < -0.39 is 0 Å². The first-order valence-electron chi connectivity index (χ1n) is 6.60. The Balaban J connectivity index is 2.16. The molecule has 3 aromatic rings. The van der Waals surface area contributed by atoms with E-state index in [-0.39, 0.29) is 6.61 Å². The Hall–Kier alpha value is -2.10. The number of pyridine rings is 1. The second kappa shape index (κ2) is 5.72. The number of rotatable bonds is 3. The topological polar surface area (TPSA) is 38.0 Å². The molecule has 3 rings (SSSR count). The predicted octanol–water partition coefficient (Wildman–Crippen LogP) is 3.79. The Morgan fingerprint density at radius 1 is 1.24 bits per heavy atom. The summed E-state index contributed by atoms with van der Waals surface area (Å²) in [7, 11) is 0. The summed E-state index contributed by atoms with van der Waals surface area (Å²) in [6.07, 6.45) is 8.49. The number of aliphatic hydroxyl groups excluding tert-OH is 1. The van der Waals surface area contributed by atoms with Gasteiger partial charge in [0.15, 0.2) is 0 Å². The maximum Gasteiger partial charge on any atom is 0.0907 e. The molecule has 0 saturated heterocycles. The van der Waals surface area contributed by atoms with Gasteiger partial charge in [-0.25, -0.2) is 0 Å². The summed E-state index contributed by atoms with van der Waals surface area (Å²) in [5.41, 5.74) is 4.70. The van der Waals surface area contributed by atoms with Gasteiger partial charge in [-0.1, -0.05) is 29.8 Å². The number of benzene rings is 1. The van der Waals surface area contributed by atoms with Gasteiger partial charge in [-0.05, 0) is 24.6 Å². The Bertz CT molecular complexity index is 780. The second-order valence-corrected chi connectivity index (χ2v) is 5.25. The average Bonchev–Trinajstić information content (AvgIpc) is 2.92. The lowest BCUT2D eigenvalue weighted by atomic mass is 10.1. The Morgan fingerprint density at radius 3 is 2.76 bits per heavy atom. The lowest BCUT2D eigenvalue weighted by molar-refractivity contribution is 0.282. The third kappa shape index (κ3) is 2.58. The summed E-state index contributed by atoms with van der Waals surface area (Å²) in [6, 6.07) is 9.45. The fourth-order valence-corrected chi connectivity index (χ4v) is 2.61. The molecular formula is C17H14ClN2O. The van der Waals surface area contributed by atoms with Crippen LogP contribution in [0.5, 0.6) is 0 Å². The fourth-order valence-electron chi connectivity index (χ4n) is 2.37. The number of halogens is 1. The van der Waals surface area contributed by atoms with E-state index in [1.54, 1.807) is 6.20 Å². The minimum atomic E-state index is -0.0403. The lowest BCUT2D eigenvalue weighted by Gasteiger charge is -2.05. The molecule has 0 aliphatic heterocycles. The van der Waals surface area contributed by atoms with Crippen LogP contribution in [0, 0.1) is 13.1 Å². The van der Waals surface area contributed by atoms with Crippen LogP contribution in [-0.2, 0) is 6.61 Å². The van der Waals surface area contributed by atoms with Crippen LogP contribution in [0.1, 0.15) is 11.1 Å². The summed E-state index contributed by atoms with van der Waals surface area (Å²) in [4.78, 5) is 3.98. The van der Waals surface area contributed by atoms with Crippen molar-refractivity contribution in [3.63, 3.8) is 0 Å². The molecule has 0 aliphatic rings. The number of aromatic nitrogens is 2. The zero-order chi connectivity index (χ0) is 14.8. The van der Waals surface area contributed by atoms with Gasteiger partial charge in [0, 0.05) is 40.3 Å². The first-order chi connectivity index (χ1) is 10.2. The highest BCUT2D eigenvalue weighted by molar-refractivity contribution is 6.33. The largest absolute Gasteiger partial charge is 0.392 e. The van der Waals surface area contributed by atoms with E-state index >= 15 is 0 Å². The molecule has 0 fully saturated rings. The van der Waals surface area contributed by atoms with Crippen LogP contribution in [0.15, 0.2) is 48.9 Å². The number of aryl methyl sites for hydroxylation is 1. The lowest BCUT2D eigenvalue weighted by Crippen LogP contribution is -1.94. The molecule has 0 aliphatic carbocycles. The standard InChI is InChI=1S/C17H14ClN2O/c1-12-8-19-7-6-17(12)20-9-13(11-21)15(10-20)14-4-2-3-5-16(14)18/h2-6,8-10,21H,11H2,1H3. The third-order valence-electron chi connectivity index (χ3n) is 3.46. The minimum absolute atomic E-state index is 0.0403. The van der Waals surface area contributed by atoms with Crippen LogP contribution in [0.3, 0.4) is 0 Å². The maximum atomic E-state index is 9.62. The van der Waals surface area contributed by atoms with Gasteiger partial charge in [-0.3, -0.25) is 4.98 Å². The van der Waals surface area contributed by atoms with E-state index in [9.17, 15) is 5.11 Å². The second-order valence-electron chi connectivity index (χ2n) is 4.84. The van der Waals surface area contributed by atoms with E-state index in [1.165, 1.54) is 0 Å². The van der Waals surface area contributed by atoms with Gasteiger partial charge in [0.1, 0.15) is 0 Å². The van der Waals surface area contributed by atoms with Crippen molar-refractivity contribution in [1.29, 1.82) is 0 Å². The van der Waals surface area contributed by atoms with Crippen molar-refractivity contribution in [3.05, 3.63) is 71.3 Å². The molecule has 105 valence electrons. The van der Waals surface area contributed by atoms with Gasteiger partial charge in [0.05, 0.1) is 18.5 Å². The van der Waals surface area contributed by atoms with Gasteiger partial charge < -0.3 is 9.67 Å². The van der Waals surface area contributed by atoms with E-state index in [2.05, 4.69) is 11.2 Å². The molecule has 0 saturated carbocycles. The van der Waals surface area contributed by atoms with Gasteiger partial charge in [0.25, 0.3) is 0 Å². The summed E-state index contributed by atoms with van der Waals surface area (Å²) in [6.45, 7) is 1.95. The molecule has 0 atom stereocenters. The molecule has 1 aromatic carbocycles. The first kappa shape index (κ1) is 13.9. The molecular weight excluding hydrogens is 284 g/mol. The van der Waals surface area contributed by atoms with Crippen molar-refractivity contribution in [2.24, 2.45) is 0 Å². The molecule has 0 bridgehead atoms. The normalized spacial score (nSPS) is 10.8. The van der Waals surface area contributed by atoms with Crippen LogP contribution in [0.2, 0.25) is 5.02 Å². The first-order valence-corrected chi connectivity index (χ1v) is 6.98. The van der Waals surface area contributed by atoms with Crippen LogP contribution in [0.25, 0.3) is 16.8 Å². The number of aliphatic hydroxyl groups is 1. The van der Waals surface area contributed by atoms with E-state index in [0.29, 0.717) is 5.02 Å². The zero-order valence-corrected chi connectivity index (χ0v) is 12.3. The predicted molar refractivity (Wildman–Crippen MR) is 83.5 cm³/mol. The van der Waals surface area contributed by atoms with Crippen molar-refractivity contribution < 1.29 is 5.11 Å². The highest BCUT2D eigenvalue weighted by Crippen LogP contribution is 2.32. The Labute approximate surface area is 128 Å². The molecule has 4 heteroatoms. The van der Waals surface area contributed by atoms with Crippen LogP contribution >= 0.6 is 11.6 Å². The van der Waals surface area contributed by atoms with Gasteiger partial charge in [-0.2, -0.15) is 0 Å². The highest BCUT2D eigenvalue weighted by atomic mass is 35.5. The van der Waals surface area contributed by atoms with Crippen molar-refractivity contribution in [3.8, 4) is 16.8 Å². The monoisotopic (exact) mass is 297 g/mol. The van der Waals surface area contributed by atoms with Crippen LogP contribution < -0.4 is 0 Å². The molecule has 0 unspecified atom stereocenters.